The number of nitrogens with zero attached hydrogens (tertiary/aromatic N) is 5. The van der Waals surface area contributed by atoms with Crippen LogP contribution >= 0.6 is 0 Å². The first kappa shape index (κ1) is 20.2. The van der Waals surface area contributed by atoms with Gasteiger partial charge in [0.25, 0.3) is 5.91 Å². The molecule has 166 valence electrons. The molecule has 0 unspecified atom stereocenters. The van der Waals surface area contributed by atoms with Gasteiger partial charge < -0.3 is 4.90 Å². The second-order valence-electron chi connectivity index (χ2n) is 10.2. The van der Waals surface area contributed by atoms with Gasteiger partial charge in [-0.25, -0.2) is 4.98 Å². The fourth-order valence-electron chi connectivity index (χ4n) is 5.49. The van der Waals surface area contributed by atoms with E-state index >= 15 is 0 Å². The molecule has 3 aliphatic rings. The van der Waals surface area contributed by atoms with E-state index < -0.39 is 0 Å². The molecule has 0 N–H and O–H groups in total. The lowest BCUT2D eigenvalue weighted by atomic mass is 9.89. The number of amides is 1. The van der Waals surface area contributed by atoms with Crippen molar-refractivity contribution in [2.45, 2.75) is 64.6 Å². The van der Waals surface area contributed by atoms with Crippen molar-refractivity contribution in [2.24, 2.45) is 5.41 Å². The average Bonchev–Trinajstić information content (AvgIpc) is 3.27. The molecule has 3 heterocycles. The minimum Gasteiger partial charge on any atom is -0.331 e. The molecule has 0 radical (unpaired) electrons. The minimum atomic E-state index is 0.116. The van der Waals surface area contributed by atoms with Crippen LogP contribution in [0.25, 0.3) is 22.4 Å². The van der Waals surface area contributed by atoms with Crippen molar-refractivity contribution in [2.75, 3.05) is 0 Å². The van der Waals surface area contributed by atoms with E-state index in [2.05, 4.69) is 29.3 Å². The summed E-state index contributed by atoms with van der Waals surface area (Å²) in [7, 11) is 0. The lowest BCUT2D eigenvalue weighted by Gasteiger charge is -2.22. The van der Waals surface area contributed by atoms with Gasteiger partial charge in [0.05, 0.1) is 11.9 Å². The van der Waals surface area contributed by atoms with Crippen molar-refractivity contribution >= 4 is 5.91 Å². The largest absolute Gasteiger partial charge is 0.331 e. The van der Waals surface area contributed by atoms with Crippen LogP contribution in [-0.4, -0.2) is 31.6 Å². The van der Waals surface area contributed by atoms with Gasteiger partial charge in [0.1, 0.15) is 11.8 Å². The van der Waals surface area contributed by atoms with Gasteiger partial charge in [-0.3, -0.25) is 9.48 Å². The minimum absolute atomic E-state index is 0.116. The Morgan fingerprint density at radius 2 is 1.94 bits per heavy atom. The van der Waals surface area contributed by atoms with E-state index in [4.69, 9.17) is 0 Å². The molecule has 0 saturated heterocycles. The van der Waals surface area contributed by atoms with E-state index in [1.54, 1.807) is 6.07 Å². The van der Waals surface area contributed by atoms with E-state index in [9.17, 15) is 10.1 Å². The van der Waals surface area contributed by atoms with Crippen molar-refractivity contribution < 1.29 is 4.79 Å². The lowest BCUT2D eigenvalue weighted by Crippen LogP contribution is -2.25. The topological polar surface area (TPSA) is 74.8 Å². The van der Waals surface area contributed by atoms with E-state index in [1.807, 2.05) is 40.0 Å². The molecule has 1 aromatic carbocycles. The van der Waals surface area contributed by atoms with Gasteiger partial charge in [0.15, 0.2) is 0 Å². The number of hydrogen-bond acceptors (Lipinski definition) is 4. The third kappa shape index (κ3) is 3.62. The molecule has 0 spiro atoms. The van der Waals surface area contributed by atoms with Crippen LogP contribution in [0.5, 0.6) is 0 Å². The number of fused-ring (bicyclic) bond motifs is 1. The molecule has 6 nitrogen and oxygen atoms in total. The van der Waals surface area contributed by atoms with E-state index in [0.29, 0.717) is 23.7 Å². The number of rotatable bonds is 5. The second kappa shape index (κ2) is 7.55. The summed E-state index contributed by atoms with van der Waals surface area (Å²) in [6.07, 6.45) is 11.3. The monoisotopic (exact) mass is 437 g/mol. The SMILES string of the molecule is CC1(Cn2cc(-c3ccc(C#N)nc3-c3ccc4c(c3)C(=O)N(C3CC3)C4)cn2)CCCC1. The number of carbonyl (C=O) groups is 1. The molecule has 2 fully saturated rings. The molecule has 0 atom stereocenters. The van der Waals surface area contributed by atoms with E-state index in [-0.39, 0.29) is 5.91 Å². The van der Waals surface area contributed by atoms with Crippen LogP contribution in [0.4, 0.5) is 0 Å². The van der Waals surface area contributed by atoms with Gasteiger partial charge in [-0.1, -0.05) is 31.9 Å². The van der Waals surface area contributed by atoms with Crippen molar-refractivity contribution in [3.63, 3.8) is 0 Å². The van der Waals surface area contributed by atoms with Crippen molar-refractivity contribution in [3.8, 4) is 28.5 Å². The maximum atomic E-state index is 13.0. The molecule has 2 aliphatic carbocycles. The Kier molecular flexibility index (Phi) is 4.62. The summed E-state index contributed by atoms with van der Waals surface area (Å²) < 4.78 is 2.04. The number of hydrogen-bond donors (Lipinski definition) is 0. The predicted octanol–water partition coefficient (Wildman–Crippen LogP) is 5.18. The van der Waals surface area contributed by atoms with E-state index in [0.717, 1.165) is 52.9 Å². The molecule has 0 bridgehead atoms. The standard InChI is InChI=1S/C27H27N5O/c1-27(10-2-3-11-27)17-31-15-20(14-29-31)23-9-6-21(13-28)30-25(23)18-4-5-19-16-32(22-7-8-22)26(33)24(19)12-18/h4-6,9,12,14-15,22H,2-3,7-8,10-11,16-17H2,1H3. The third-order valence-corrected chi connectivity index (χ3v) is 7.51. The first-order valence-electron chi connectivity index (χ1n) is 11.9. The first-order chi connectivity index (χ1) is 16.0. The molecule has 6 rings (SSSR count). The Morgan fingerprint density at radius 1 is 1.12 bits per heavy atom. The van der Waals surface area contributed by atoms with Crippen LogP contribution < -0.4 is 0 Å². The number of nitriles is 1. The lowest BCUT2D eigenvalue weighted by molar-refractivity contribution is 0.0766. The van der Waals surface area contributed by atoms with Gasteiger partial charge in [0.2, 0.25) is 0 Å². The van der Waals surface area contributed by atoms with Crippen LogP contribution in [0, 0.1) is 16.7 Å². The maximum Gasteiger partial charge on any atom is 0.254 e. The third-order valence-electron chi connectivity index (χ3n) is 7.51. The zero-order valence-electron chi connectivity index (χ0n) is 18.9. The van der Waals surface area contributed by atoms with Gasteiger partial charge in [-0.2, -0.15) is 10.4 Å². The predicted molar refractivity (Wildman–Crippen MR) is 125 cm³/mol. The van der Waals surface area contributed by atoms with Crippen LogP contribution in [0.3, 0.4) is 0 Å². The summed E-state index contributed by atoms with van der Waals surface area (Å²) in [5.74, 6) is 0.116. The average molecular weight is 438 g/mol. The summed E-state index contributed by atoms with van der Waals surface area (Å²) in [6.45, 7) is 3.96. The van der Waals surface area contributed by atoms with Crippen molar-refractivity contribution in [1.29, 1.82) is 5.26 Å². The van der Waals surface area contributed by atoms with Crippen molar-refractivity contribution in [1.82, 2.24) is 19.7 Å². The zero-order valence-corrected chi connectivity index (χ0v) is 18.9. The summed E-state index contributed by atoms with van der Waals surface area (Å²) >= 11 is 0. The van der Waals surface area contributed by atoms with Gasteiger partial charge in [-0.15, -0.1) is 0 Å². The summed E-state index contributed by atoms with van der Waals surface area (Å²) in [5, 5.41) is 14.1. The highest BCUT2D eigenvalue weighted by atomic mass is 16.2. The zero-order chi connectivity index (χ0) is 22.6. The van der Waals surface area contributed by atoms with Crippen LogP contribution in [-0.2, 0) is 13.1 Å². The molecular formula is C27H27N5O. The Labute approximate surface area is 193 Å². The van der Waals surface area contributed by atoms with Crippen LogP contribution in [0.15, 0.2) is 42.7 Å². The maximum absolute atomic E-state index is 13.0. The van der Waals surface area contributed by atoms with Gasteiger partial charge in [-0.05, 0) is 54.9 Å². The summed E-state index contributed by atoms with van der Waals surface area (Å²) in [6, 6.07) is 12.3. The normalized spacial score (nSPS) is 19.0. The summed E-state index contributed by atoms with van der Waals surface area (Å²) in [4.78, 5) is 19.6. The van der Waals surface area contributed by atoms with Gasteiger partial charge >= 0.3 is 0 Å². The quantitative estimate of drug-likeness (QED) is 0.551. The Hall–Kier alpha value is -3.46. The second-order valence-corrected chi connectivity index (χ2v) is 10.2. The molecule has 1 amide bonds. The van der Waals surface area contributed by atoms with Crippen molar-refractivity contribution in [3.05, 3.63) is 59.5 Å². The van der Waals surface area contributed by atoms with E-state index in [1.165, 1.54) is 25.7 Å². The van der Waals surface area contributed by atoms with Crippen LogP contribution in [0.1, 0.15) is 67.1 Å². The Balaban J connectivity index is 1.37. The summed E-state index contributed by atoms with van der Waals surface area (Å²) in [5.41, 5.74) is 6.01. The molecule has 33 heavy (non-hydrogen) atoms. The fourth-order valence-corrected chi connectivity index (χ4v) is 5.49. The Morgan fingerprint density at radius 3 is 2.70 bits per heavy atom. The number of aromatic nitrogens is 3. The molecular weight excluding hydrogens is 410 g/mol. The molecule has 6 heteroatoms. The molecule has 1 aliphatic heterocycles. The Bertz CT molecular complexity index is 1290. The smallest absolute Gasteiger partial charge is 0.254 e. The number of pyridine rings is 1. The first-order valence-corrected chi connectivity index (χ1v) is 11.9. The number of carbonyl (C=O) groups excluding carboxylic acids is 1. The van der Waals surface area contributed by atoms with Gasteiger partial charge in [0, 0.05) is 47.6 Å². The highest BCUT2D eigenvalue weighted by Crippen LogP contribution is 2.40. The highest BCUT2D eigenvalue weighted by molar-refractivity contribution is 6.00. The molecule has 3 aromatic rings. The fraction of sp³-hybridized carbons (Fsp3) is 0.407. The number of benzene rings is 1. The van der Waals surface area contributed by atoms with Crippen LogP contribution in [0.2, 0.25) is 0 Å². The highest BCUT2D eigenvalue weighted by Gasteiger charge is 2.38. The molecule has 2 saturated carbocycles. The molecule has 2 aromatic heterocycles.